The monoisotopic (exact) mass is 331 g/mol. The topological polar surface area (TPSA) is 58.5 Å². The minimum atomic E-state index is -4.50. The van der Waals surface area contributed by atoms with Gasteiger partial charge in [0.1, 0.15) is 5.69 Å². The van der Waals surface area contributed by atoms with Crippen LogP contribution in [0.25, 0.3) is 0 Å². The fraction of sp³-hybridized carbons (Fsp3) is 0.733. The molecule has 2 aliphatic rings. The molecule has 0 bridgehead atoms. The number of aliphatic hydroxyl groups is 1. The van der Waals surface area contributed by atoms with Crippen molar-refractivity contribution in [1.82, 2.24) is 9.97 Å². The van der Waals surface area contributed by atoms with Gasteiger partial charge in [0.2, 0.25) is 5.95 Å². The second-order valence-corrected chi connectivity index (χ2v) is 6.35. The number of aliphatic hydroxyl groups excluding tert-OH is 1. The zero-order chi connectivity index (χ0) is 16.5. The van der Waals surface area contributed by atoms with Gasteiger partial charge in [0.15, 0.2) is 0 Å². The minimum Gasteiger partial charge on any atom is -0.394 e. The standard InChI is InChI=1S/C15H20F3N3O2/c16-15(17,18)12-2-6-19-13(20-12)21-10-14(3-1-11(21)9-22)4-7-23-8-5-14/h2,6,11,22H,1,3-5,7-10H2. The van der Waals surface area contributed by atoms with Crippen LogP contribution in [0.2, 0.25) is 0 Å². The van der Waals surface area contributed by atoms with Gasteiger partial charge in [-0.05, 0) is 37.2 Å². The predicted molar refractivity (Wildman–Crippen MR) is 77.0 cm³/mol. The Bertz CT molecular complexity index is 547. The number of aromatic nitrogens is 2. The van der Waals surface area contributed by atoms with Gasteiger partial charge in [-0.2, -0.15) is 13.2 Å². The van der Waals surface area contributed by atoms with E-state index in [-0.39, 0.29) is 24.0 Å². The van der Waals surface area contributed by atoms with Crippen molar-refractivity contribution in [2.45, 2.75) is 37.9 Å². The van der Waals surface area contributed by atoms with Crippen LogP contribution in [-0.4, -0.2) is 47.5 Å². The van der Waals surface area contributed by atoms with Crippen molar-refractivity contribution in [2.75, 3.05) is 31.3 Å². The highest BCUT2D eigenvalue weighted by molar-refractivity contribution is 5.35. The summed E-state index contributed by atoms with van der Waals surface area (Å²) >= 11 is 0. The Balaban J connectivity index is 1.88. The Morgan fingerprint density at radius 1 is 1.30 bits per heavy atom. The fourth-order valence-corrected chi connectivity index (χ4v) is 3.48. The number of halogens is 3. The van der Waals surface area contributed by atoms with Gasteiger partial charge in [0, 0.05) is 26.0 Å². The molecule has 0 aromatic carbocycles. The largest absolute Gasteiger partial charge is 0.433 e. The lowest BCUT2D eigenvalue weighted by Gasteiger charge is -2.48. The molecule has 1 unspecified atom stereocenters. The van der Waals surface area contributed by atoms with Crippen LogP contribution in [0.1, 0.15) is 31.4 Å². The van der Waals surface area contributed by atoms with E-state index in [0.717, 1.165) is 37.9 Å². The smallest absolute Gasteiger partial charge is 0.394 e. The number of rotatable bonds is 2. The molecular formula is C15H20F3N3O2. The predicted octanol–water partition coefficient (Wildman–Crippen LogP) is 2.25. The number of nitrogens with zero attached hydrogens (tertiary/aromatic N) is 3. The first-order valence-corrected chi connectivity index (χ1v) is 7.79. The van der Waals surface area contributed by atoms with Gasteiger partial charge in [0.25, 0.3) is 0 Å². The molecule has 1 aromatic rings. The third kappa shape index (κ3) is 3.42. The maximum atomic E-state index is 12.9. The van der Waals surface area contributed by atoms with E-state index in [2.05, 4.69) is 9.97 Å². The normalized spacial score (nSPS) is 24.9. The molecule has 2 fully saturated rings. The Kier molecular flexibility index (Phi) is 4.46. The highest BCUT2D eigenvalue weighted by Gasteiger charge is 2.42. The van der Waals surface area contributed by atoms with Crippen LogP contribution in [0, 0.1) is 5.41 Å². The minimum absolute atomic E-state index is 0.0154. The van der Waals surface area contributed by atoms with Crippen molar-refractivity contribution in [1.29, 1.82) is 0 Å². The Hall–Kier alpha value is -1.41. The van der Waals surface area contributed by atoms with E-state index in [1.54, 1.807) is 4.90 Å². The van der Waals surface area contributed by atoms with E-state index in [4.69, 9.17) is 4.74 Å². The van der Waals surface area contributed by atoms with Gasteiger partial charge in [-0.1, -0.05) is 0 Å². The summed E-state index contributed by atoms with van der Waals surface area (Å²) in [6.07, 6.45) is 0.0395. The molecule has 1 spiro atoms. The second kappa shape index (κ2) is 6.24. The molecule has 23 heavy (non-hydrogen) atoms. The highest BCUT2D eigenvalue weighted by atomic mass is 19.4. The number of alkyl halides is 3. The first-order chi connectivity index (χ1) is 10.9. The average Bonchev–Trinajstić information content (AvgIpc) is 2.55. The molecule has 0 radical (unpaired) electrons. The third-order valence-corrected chi connectivity index (χ3v) is 4.91. The van der Waals surface area contributed by atoms with Crippen LogP contribution >= 0.6 is 0 Å². The Morgan fingerprint density at radius 3 is 2.70 bits per heavy atom. The molecule has 8 heteroatoms. The maximum absolute atomic E-state index is 12.9. The molecule has 2 saturated heterocycles. The molecule has 128 valence electrons. The maximum Gasteiger partial charge on any atom is 0.433 e. The lowest BCUT2D eigenvalue weighted by atomic mass is 9.72. The molecule has 1 atom stereocenters. The van der Waals surface area contributed by atoms with E-state index in [0.29, 0.717) is 19.8 Å². The average molecular weight is 331 g/mol. The van der Waals surface area contributed by atoms with E-state index in [1.807, 2.05) is 0 Å². The van der Waals surface area contributed by atoms with E-state index in [1.165, 1.54) is 0 Å². The van der Waals surface area contributed by atoms with Gasteiger partial charge in [-0.3, -0.25) is 0 Å². The molecule has 3 rings (SSSR count). The fourth-order valence-electron chi connectivity index (χ4n) is 3.48. The zero-order valence-electron chi connectivity index (χ0n) is 12.7. The van der Waals surface area contributed by atoms with Crippen LogP contribution in [0.15, 0.2) is 12.3 Å². The van der Waals surface area contributed by atoms with Crippen molar-refractivity contribution in [3.8, 4) is 0 Å². The molecule has 1 aromatic heterocycles. The summed E-state index contributed by atoms with van der Waals surface area (Å²) in [5.74, 6) is 0.0458. The van der Waals surface area contributed by atoms with Gasteiger partial charge in [-0.25, -0.2) is 9.97 Å². The lowest BCUT2D eigenvalue weighted by molar-refractivity contribution is -0.141. The highest BCUT2D eigenvalue weighted by Crippen LogP contribution is 2.42. The Labute approximate surface area is 132 Å². The van der Waals surface area contributed by atoms with E-state index in [9.17, 15) is 18.3 Å². The number of hydrogen-bond donors (Lipinski definition) is 1. The van der Waals surface area contributed by atoms with Gasteiger partial charge >= 0.3 is 6.18 Å². The van der Waals surface area contributed by atoms with Crippen LogP contribution in [0.5, 0.6) is 0 Å². The van der Waals surface area contributed by atoms with Gasteiger partial charge < -0.3 is 14.7 Å². The van der Waals surface area contributed by atoms with Crippen LogP contribution in [0.3, 0.4) is 0 Å². The number of hydrogen-bond acceptors (Lipinski definition) is 5. The summed E-state index contributed by atoms with van der Waals surface area (Å²) in [6.45, 7) is 1.78. The van der Waals surface area contributed by atoms with Crippen molar-refractivity contribution in [2.24, 2.45) is 5.41 Å². The van der Waals surface area contributed by atoms with Crippen molar-refractivity contribution >= 4 is 5.95 Å². The van der Waals surface area contributed by atoms with Crippen molar-refractivity contribution in [3.05, 3.63) is 18.0 Å². The summed E-state index contributed by atoms with van der Waals surface area (Å²) in [7, 11) is 0. The summed E-state index contributed by atoms with van der Waals surface area (Å²) in [6, 6.07) is 0.623. The van der Waals surface area contributed by atoms with Crippen molar-refractivity contribution < 1.29 is 23.0 Å². The van der Waals surface area contributed by atoms with Crippen LogP contribution in [-0.2, 0) is 10.9 Å². The molecule has 0 saturated carbocycles. The summed E-state index contributed by atoms with van der Waals surface area (Å²) in [4.78, 5) is 9.46. The number of piperidine rings is 1. The Morgan fingerprint density at radius 2 is 2.04 bits per heavy atom. The van der Waals surface area contributed by atoms with Crippen LogP contribution < -0.4 is 4.90 Å². The summed E-state index contributed by atoms with van der Waals surface area (Å²) in [5, 5.41) is 9.59. The molecule has 3 heterocycles. The molecule has 0 amide bonds. The summed E-state index contributed by atoms with van der Waals surface area (Å²) < 4.78 is 44.1. The lowest BCUT2D eigenvalue weighted by Crippen LogP contribution is -2.53. The van der Waals surface area contributed by atoms with Crippen molar-refractivity contribution in [3.63, 3.8) is 0 Å². The second-order valence-electron chi connectivity index (χ2n) is 6.35. The molecule has 5 nitrogen and oxygen atoms in total. The zero-order valence-corrected chi connectivity index (χ0v) is 12.7. The molecular weight excluding hydrogens is 311 g/mol. The van der Waals surface area contributed by atoms with Crippen LogP contribution in [0.4, 0.5) is 19.1 Å². The van der Waals surface area contributed by atoms with Gasteiger partial charge in [0.05, 0.1) is 12.6 Å². The SMILES string of the molecule is OCC1CCC2(CCOCC2)CN1c1nccc(C(F)(F)F)n1. The van der Waals surface area contributed by atoms with E-state index < -0.39 is 11.9 Å². The summed E-state index contributed by atoms with van der Waals surface area (Å²) in [5.41, 5.74) is -0.938. The van der Waals surface area contributed by atoms with E-state index >= 15 is 0 Å². The van der Waals surface area contributed by atoms with Gasteiger partial charge in [-0.15, -0.1) is 0 Å². The quantitative estimate of drug-likeness (QED) is 0.901. The number of anilines is 1. The first-order valence-electron chi connectivity index (χ1n) is 7.79. The first kappa shape index (κ1) is 16.4. The molecule has 1 N–H and O–H groups in total. The molecule has 0 aliphatic carbocycles. The molecule has 2 aliphatic heterocycles. The number of ether oxygens (including phenoxy) is 1. The third-order valence-electron chi connectivity index (χ3n) is 4.91.